The Hall–Kier alpha value is -3.15. The molecule has 1 aliphatic heterocycles. The molecular formula is C28H35F3N4O4. The number of morpholine rings is 1. The minimum absolute atomic E-state index is 0.00407. The molecule has 212 valence electrons. The van der Waals surface area contributed by atoms with E-state index in [9.17, 15) is 13.9 Å². The van der Waals surface area contributed by atoms with Crippen LogP contribution in [0.4, 0.5) is 19.0 Å². The Labute approximate surface area is 226 Å². The Bertz CT molecular complexity index is 1330. The van der Waals surface area contributed by atoms with Crippen molar-refractivity contribution in [1.29, 1.82) is 0 Å². The number of halogens is 3. The molecule has 2 N–H and O–H groups in total. The van der Waals surface area contributed by atoms with Gasteiger partial charge in [0.05, 0.1) is 30.8 Å². The fourth-order valence-electron chi connectivity index (χ4n) is 4.52. The lowest BCUT2D eigenvalue weighted by molar-refractivity contribution is -0.170. The summed E-state index contributed by atoms with van der Waals surface area (Å²) in [6, 6.07) is 6.47. The lowest BCUT2D eigenvalue weighted by Crippen LogP contribution is -2.42. The third-order valence-electron chi connectivity index (χ3n) is 6.81. The van der Waals surface area contributed by atoms with Crippen LogP contribution in [0.25, 0.3) is 10.9 Å². The van der Waals surface area contributed by atoms with E-state index in [0.717, 1.165) is 33.0 Å². The molecule has 4 rings (SSSR count). The number of anilines is 1. The first-order valence-corrected chi connectivity index (χ1v) is 12.8. The van der Waals surface area contributed by atoms with Gasteiger partial charge in [-0.15, -0.1) is 0 Å². The van der Waals surface area contributed by atoms with Crippen molar-refractivity contribution in [3.63, 3.8) is 0 Å². The predicted molar refractivity (Wildman–Crippen MR) is 142 cm³/mol. The molecule has 39 heavy (non-hydrogen) atoms. The molecule has 0 spiro atoms. The first-order chi connectivity index (χ1) is 18.3. The van der Waals surface area contributed by atoms with Crippen molar-refractivity contribution < 1.29 is 32.5 Å². The van der Waals surface area contributed by atoms with Crippen molar-refractivity contribution in [2.45, 2.75) is 51.4 Å². The highest BCUT2D eigenvalue weighted by atomic mass is 19.3. The van der Waals surface area contributed by atoms with Gasteiger partial charge in [0.25, 0.3) is 0 Å². The smallest absolute Gasteiger partial charge is 0.303 e. The molecule has 1 aromatic heterocycles. The van der Waals surface area contributed by atoms with Crippen molar-refractivity contribution in [2.75, 3.05) is 45.8 Å². The second kappa shape index (κ2) is 11.1. The van der Waals surface area contributed by atoms with Crippen molar-refractivity contribution in [1.82, 2.24) is 14.9 Å². The zero-order valence-electron chi connectivity index (χ0n) is 23.0. The summed E-state index contributed by atoms with van der Waals surface area (Å²) < 4.78 is 62.5. The van der Waals surface area contributed by atoms with Gasteiger partial charge in [-0.3, -0.25) is 0 Å². The Morgan fingerprint density at radius 2 is 1.97 bits per heavy atom. The Balaban J connectivity index is 1.66. The zero-order chi connectivity index (χ0) is 28.5. The number of hydrogen-bond acceptors (Lipinski definition) is 8. The molecule has 0 amide bonds. The second-order valence-electron chi connectivity index (χ2n) is 10.4. The Kier molecular flexibility index (Phi) is 8.25. The van der Waals surface area contributed by atoms with Crippen molar-refractivity contribution in [3.8, 4) is 11.5 Å². The van der Waals surface area contributed by atoms with E-state index in [1.54, 1.807) is 26.0 Å². The number of alkyl halides is 2. The quantitative estimate of drug-likeness (QED) is 0.393. The van der Waals surface area contributed by atoms with E-state index in [0.29, 0.717) is 47.3 Å². The zero-order valence-corrected chi connectivity index (χ0v) is 23.0. The van der Waals surface area contributed by atoms with E-state index in [1.807, 2.05) is 7.05 Å². The van der Waals surface area contributed by atoms with Gasteiger partial charge in [-0.1, -0.05) is 12.1 Å². The largest absolute Gasteiger partial charge is 0.493 e. The number of methoxy groups -OCH3 is 1. The third kappa shape index (κ3) is 6.05. The maximum absolute atomic E-state index is 15.4. The first-order valence-electron chi connectivity index (χ1n) is 12.8. The van der Waals surface area contributed by atoms with Gasteiger partial charge in [-0.25, -0.2) is 14.4 Å². The standard InChI is InChI=1S/C28H35F3N4O4/c1-16(19-8-7-9-21(25(19)29)28(30,31)27(3,4)36)32-26-20-12-24(39-15-18-14-35(5)10-11-38-18)23(37-6)13-22(20)33-17(2)34-26/h7-9,12-13,16,18,36H,10-11,14-15H2,1-6H3,(H,32,33,34)/t16-,18+/m1/s1. The molecular weight excluding hydrogens is 513 g/mol. The van der Waals surface area contributed by atoms with Gasteiger partial charge in [0.1, 0.15) is 35.8 Å². The number of aryl methyl sites for hydroxylation is 1. The summed E-state index contributed by atoms with van der Waals surface area (Å²) in [6.07, 6.45) is -0.103. The van der Waals surface area contributed by atoms with Crippen LogP contribution in [-0.2, 0) is 10.7 Å². The Morgan fingerprint density at radius 1 is 1.23 bits per heavy atom. The van der Waals surface area contributed by atoms with Crippen LogP contribution < -0.4 is 14.8 Å². The van der Waals surface area contributed by atoms with E-state index in [-0.39, 0.29) is 11.7 Å². The van der Waals surface area contributed by atoms with Gasteiger partial charge >= 0.3 is 5.92 Å². The highest BCUT2D eigenvalue weighted by Gasteiger charge is 2.49. The van der Waals surface area contributed by atoms with Crippen LogP contribution in [0.15, 0.2) is 30.3 Å². The van der Waals surface area contributed by atoms with Gasteiger partial charge < -0.3 is 29.5 Å². The second-order valence-corrected chi connectivity index (χ2v) is 10.4. The van der Waals surface area contributed by atoms with E-state index >= 15 is 4.39 Å². The minimum Gasteiger partial charge on any atom is -0.493 e. The van der Waals surface area contributed by atoms with Gasteiger partial charge in [-0.2, -0.15) is 8.78 Å². The average Bonchev–Trinajstić information content (AvgIpc) is 2.86. The van der Waals surface area contributed by atoms with Gasteiger partial charge in [0.15, 0.2) is 11.5 Å². The SMILES string of the molecule is COc1cc2nc(C)nc(N[C@H](C)c3cccc(C(F)(F)C(C)(C)O)c3F)c2cc1OC[C@@H]1CN(C)CCO1. The van der Waals surface area contributed by atoms with Crippen LogP contribution in [-0.4, -0.2) is 72.1 Å². The minimum atomic E-state index is -3.80. The fraction of sp³-hybridized carbons (Fsp3) is 0.500. The predicted octanol–water partition coefficient (Wildman–Crippen LogP) is 4.83. The summed E-state index contributed by atoms with van der Waals surface area (Å²) in [5, 5.41) is 13.7. The number of ether oxygens (including phenoxy) is 3. The summed E-state index contributed by atoms with van der Waals surface area (Å²) in [7, 11) is 3.56. The topological polar surface area (TPSA) is 89.0 Å². The molecule has 11 heteroatoms. The number of fused-ring (bicyclic) bond motifs is 1. The Morgan fingerprint density at radius 3 is 2.64 bits per heavy atom. The maximum atomic E-state index is 15.4. The third-order valence-corrected chi connectivity index (χ3v) is 6.81. The molecule has 0 bridgehead atoms. The van der Waals surface area contributed by atoms with Crippen LogP contribution in [0.5, 0.6) is 11.5 Å². The monoisotopic (exact) mass is 548 g/mol. The number of nitrogens with zero attached hydrogens (tertiary/aromatic N) is 3. The molecule has 8 nitrogen and oxygen atoms in total. The number of nitrogens with one attached hydrogen (secondary N) is 1. The fourth-order valence-corrected chi connectivity index (χ4v) is 4.52. The van der Waals surface area contributed by atoms with E-state index in [1.165, 1.54) is 19.2 Å². The number of aromatic nitrogens is 2. The highest BCUT2D eigenvalue weighted by molar-refractivity contribution is 5.92. The van der Waals surface area contributed by atoms with Crippen molar-refractivity contribution in [3.05, 3.63) is 53.1 Å². The lowest BCUT2D eigenvalue weighted by atomic mass is 9.91. The molecule has 2 atom stereocenters. The number of aliphatic hydroxyl groups is 1. The van der Waals surface area contributed by atoms with Crippen LogP contribution in [0.3, 0.4) is 0 Å². The lowest BCUT2D eigenvalue weighted by Gasteiger charge is -2.30. The van der Waals surface area contributed by atoms with Crippen molar-refractivity contribution >= 4 is 16.7 Å². The molecule has 0 unspecified atom stereocenters. The molecule has 3 aromatic rings. The van der Waals surface area contributed by atoms with Gasteiger partial charge in [-0.05, 0) is 46.9 Å². The normalized spacial score (nSPS) is 17.7. The molecule has 2 aromatic carbocycles. The summed E-state index contributed by atoms with van der Waals surface area (Å²) in [4.78, 5) is 11.2. The molecule has 0 aliphatic carbocycles. The number of hydrogen-bond donors (Lipinski definition) is 2. The highest BCUT2D eigenvalue weighted by Crippen LogP contribution is 2.42. The van der Waals surface area contributed by atoms with E-state index in [2.05, 4.69) is 20.2 Å². The summed E-state index contributed by atoms with van der Waals surface area (Å²) >= 11 is 0. The van der Waals surface area contributed by atoms with E-state index < -0.39 is 28.9 Å². The number of likely N-dealkylation sites (N-methyl/N-ethyl adjacent to an activating group) is 1. The van der Waals surface area contributed by atoms with Crippen LogP contribution >= 0.6 is 0 Å². The van der Waals surface area contributed by atoms with Crippen molar-refractivity contribution in [2.24, 2.45) is 0 Å². The van der Waals surface area contributed by atoms with Gasteiger partial charge in [0.2, 0.25) is 0 Å². The molecule has 1 fully saturated rings. The van der Waals surface area contributed by atoms with Crippen LogP contribution in [0.2, 0.25) is 0 Å². The molecule has 1 saturated heterocycles. The molecule has 0 saturated carbocycles. The average molecular weight is 549 g/mol. The van der Waals surface area contributed by atoms with Crippen LogP contribution in [0, 0.1) is 12.7 Å². The molecule has 1 aliphatic rings. The summed E-state index contributed by atoms with van der Waals surface area (Å²) in [5.41, 5.74) is -2.75. The van der Waals surface area contributed by atoms with Crippen LogP contribution in [0.1, 0.15) is 43.8 Å². The number of benzene rings is 2. The van der Waals surface area contributed by atoms with Gasteiger partial charge in [0, 0.05) is 30.1 Å². The maximum Gasteiger partial charge on any atom is 0.303 e. The number of rotatable bonds is 9. The molecule has 2 heterocycles. The summed E-state index contributed by atoms with van der Waals surface area (Å²) in [5.74, 6) is -3.12. The molecule has 0 radical (unpaired) electrons. The summed E-state index contributed by atoms with van der Waals surface area (Å²) in [6.45, 7) is 7.79. The first kappa shape index (κ1) is 28.8. The van der Waals surface area contributed by atoms with E-state index in [4.69, 9.17) is 14.2 Å².